The van der Waals surface area contributed by atoms with Gasteiger partial charge >= 0.3 is 0 Å². The maximum Gasteiger partial charge on any atom is 0.0959 e. The Labute approximate surface area is 106 Å². The quantitative estimate of drug-likeness (QED) is 0.846. The maximum absolute atomic E-state index is 10.2. The third kappa shape index (κ3) is 2.87. The summed E-state index contributed by atoms with van der Waals surface area (Å²) in [6.45, 7) is 1.51. The Morgan fingerprint density at radius 3 is 2.88 bits per heavy atom. The molecule has 2 saturated carbocycles. The average molecular weight is 252 g/mol. The van der Waals surface area contributed by atoms with E-state index in [-0.39, 0.29) is 0 Å². The molecule has 3 nitrogen and oxygen atoms in total. The van der Waals surface area contributed by atoms with Crippen molar-refractivity contribution in [3.8, 4) is 0 Å². The molecule has 4 heteroatoms. The molecule has 3 rings (SSSR count). The fraction of sp³-hybridized carbons (Fsp3) is 0.769. The number of nitrogens with zero attached hydrogens (tertiary/aromatic N) is 1. The van der Waals surface area contributed by atoms with Crippen LogP contribution in [0, 0.1) is 0 Å². The Bertz CT molecular complexity index is 381. The summed E-state index contributed by atoms with van der Waals surface area (Å²) in [5, 5.41) is 17.0. The van der Waals surface area contributed by atoms with E-state index >= 15 is 0 Å². The molecule has 0 aliphatic heterocycles. The van der Waals surface area contributed by atoms with Crippen LogP contribution in [0.5, 0.6) is 0 Å². The normalized spacial score (nSPS) is 23.1. The molecule has 1 heterocycles. The van der Waals surface area contributed by atoms with Crippen LogP contribution in [0.4, 0.5) is 0 Å². The molecule has 2 aliphatic rings. The van der Waals surface area contributed by atoms with Crippen LogP contribution in [0.2, 0.25) is 0 Å². The molecule has 0 aromatic carbocycles. The first-order valence-corrected chi connectivity index (χ1v) is 7.51. The van der Waals surface area contributed by atoms with Crippen LogP contribution >= 0.6 is 11.3 Å². The lowest BCUT2D eigenvalue weighted by Gasteiger charge is -2.22. The Morgan fingerprint density at radius 2 is 2.18 bits per heavy atom. The van der Waals surface area contributed by atoms with Gasteiger partial charge in [-0.3, -0.25) is 0 Å². The molecule has 0 unspecified atom stereocenters. The number of thiazole rings is 1. The van der Waals surface area contributed by atoms with Gasteiger partial charge < -0.3 is 10.4 Å². The number of hydrogen-bond acceptors (Lipinski definition) is 4. The van der Waals surface area contributed by atoms with E-state index in [2.05, 4.69) is 15.7 Å². The molecule has 2 N–H and O–H groups in total. The Morgan fingerprint density at radius 1 is 1.41 bits per heavy atom. The topological polar surface area (TPSA) is 45.1 Å². The molecule has 2 fully saturated rings. The van der Waals surface area contributed by atoms with Crippen LogP contribution in [-0.2, 0) is 6.54 Å². The molecule has 2 aliphatic carbocycles. The predicted octanol–water partition coefficient (Wildman–Crippen LogP) is 2.42. The smallest absolute Gasteiger partial charge is 0.0959 e. The van der Waals surface area contributed by atoms with Gasteiger partial charge in [0.2, 0.25) is 0 Å². The predicted molar refractivity (Wildman–Crippen MR) is 69.2 cm³/mol. The summed E-state index contributed by atoms with van der Waals surface area (Å²) in [6.07, 6.45) is 6.87. The average Bonchev–Trinajstić information content (AvgIpc) is 2.91. The lowest BCUT2D eigenvalue weighted by Crippen LogP contribution is -2.37. The van der Waals surface area contributed by atoms with Gasteiger partial charge in [0.25, 0.3) is 0 Å². The molecule has 0 bridgehead atoms. The van der Waals surface area contributed by atoms with Crippen LogP contribution in [0.1, 0.15) is 55.1 Å². The van der Waals surface area contributed by atoms with E-state index in [9.17, 15) is 5.11 Å². The number of nitrogens with one attached hydrogen (secondary N) is 1. The zero-order valence-electron chi connectivity index (χ0n) is 10.1. The summed E-state index contributed by atoms with van der Waals surface area (Å²) < 4.78 is 0. The minimum absolute atomic E-state index is 0.449. The molecular formula is C13H20N2OS. The van der Waals surface area contributed by atoms with Crippen LogP contribution in [-0.4, -0.2) is 22.2 Å². The van der Waals surface area contributed by atoms with E-state index in [1.54, 1.807) is 11.3 Å². The standard InChI is InChI=1S/C13H20N2OS/c16-13(5-1-2-6-13)9-14-7-11-8-17-12(15-11)10-3-4-10/h8,10,14,16H,1-7,9H2. The second kappa shape index (κ2) is 4.67. The fourth-order valence-electron chi connectivity index (χ4n) is 2.55. The van der Waals surface area contributed by atoms with Gasteiger partial charge in [0, 0.05) is 24.4 Å². The van der Waals surface area contributed by atoms with Crippen molar-refractivity contribution in [2.75, 3.05) is 6.54 Å². The van der Waals surface area contributed by atoms with Crippen molar-refractivity contribution in [2.45, 2.75) is 56.6 Å². The SMILES string of the molecule is OC1(CNCc2csc(C3CC3)n2)CCCC1. The lowest BCUT2D eigenvalue weighted by molar-refractivity contribution is 0.0474. The number of hydrogen-bond donors (Lipinski definition) is 2. The van der Waals surface area contributed by atoms with E-state index in [0.717, 1.165) is 31.0 Å². The lowest BCUT2D eigenvalue weighted by atomic mass is 10.0. The highest BCUT2D eigenvalue weighted by molar-refractivity contribution is 7.09. The molecular weight excluding hydrogens is 232 g/mol. The summed E-state index contributed by atoms with van der Waals surface area (Å²) >= 11 is 1.79. The molecule has 0 atom stereocenters. The van der Waals surface area contributed by atoms with E-state index < -0.39 is 5.60 Å². The molecule has 1 aromatic rings. The third-order valence-corrected chi connectivity index (χ3v) is 4.85. The maximum atomic E-state index is 10.2. The van der Waals surface area contributed by atoms with Gasteiger partial charge in [0.1, 0.15) is 0 Å². The van der Waals surface area contributed by atoms with Gasteiger partial charge in [-0.15, -0.1) is 11.3 Å². The molecule has 0 radical (unpaired) electrons. The van der Waals surface area contributed by atoms with Crippen molar-refractivity contribution < 1.29 is 5.11 Å². The minimum atomic E-state index is -0.449. The van der Waals surface area contributed by atoms with E-state index in [0.29, 0.717) is 6.54 Å². The van der Waals surface area contributed by atoms with Gasteiger partial charge in [-0.25, -0.2) is 4.98 Å². The van der Waals surface area contributed by atoms with E-state index in [1.807, 2.05) is 0 Å². The summed E-state index contributed by atoms with van der Waals surface area (Å²) in [4.78, 5) is 4.63. The van der Waals surface area contributed by atoms with Gasteiger partial charge in [0.15, 0.2) is 0 Å². The van der Waals surface area contributed by atoms with Gasteiger partial charge in [-0.1, -0.05) is 12.8 Å². The number of rotatable bonds is 5. The second-order valence-corrected chi connectivity index (χ2v) is 6.38. The zero-order valence-corrected chi connectivity index (χ0v) is 10.9. The van der Waals surface area contributed by atoms with Gasteiger partial charge in [-0.05, 0) is 25.7 Å². The molecule has 0 saturated heterocycles. The van der Waals surface area contributed by atoms with Crippen molar-refractivity contribution in [2.24, 2.45) is 0 Å². The van der Waals surface area contributed by atoms with Crippen LogP contribution in [0.15, 0.2) is 5.38 Å². The van der Waals surface area contributed by atoms with Crippen molar-refractivity contribution in [1.82, 2.24) is 10.3 Å². The molecule has 94 valence electrons. The first-order valence-electron chi connectivity index (χ1n) is 6.63. The number of aromatic nitrogens is 1. The summed E-state index contributed by atoms with van der Waals surface area (Å²) in [6, 6.07) is 0. The van der Waals surface area contributed by atoms with Crippen molar-refractivity contribution >= 4 is 11.3 Å². The van der Waals surface area contributed by atoms with E-state index in [1.165, 1.54) is 30.7 Å². The second-order valence-electron chi connectivity index (χ2n) is 5.49. The molecule has 17 heavy (non-hydrogen) atoms. The Balaban J connectivity index is 1.46. The highest BCUT2D eigenvalue weighted by atomic mass is 32.1. The first-order chi connectivity index (χ1) is 8.25. The fourth-order valence-corrected chi connectivity index (χ4v) is 3.55. The van der Waals surface area contributed by atoms with Gasteiger partial charge in [0.05, 0.1) is 16.3 Å². The third-order valence-electron chi connectivity index (χ3n) is 3.79. The Hall–Kier alpha value is -0.450. The molecule has 0 amide bonds. The van der Waals surface area contributed by atoms with Crippen molar-refractivity contribution in [3.63, 3.8) is 0 Å². The highest BCUT2D eigenvalue weighted by Gasteiger charge is 2.30. The van der Waals surface area contributed by atoms with Crippen molar-refractivity contribution in [1.29, 1.82) is 0 Å². The van der Waals surface area contributed by atoms with Crippen molar-refractivity contribution in [3.05, 3.63) is 16.1 Å². The summed E-state index contributed by atoms with van der Waals surface area (Å²) in [5.41, 5.74) is 0.688. The summed E-state index contributed by atoms with van der Waals surface area (Å²) in [5.74, 6) is 0.757. The van der Waals surface area contributed by atoms with Crippen LogP contribution in [0.25, 0.3) is 0 Å². The molecule has 0 spiro atoms. The number of aliphatic hydroxyl groups is 1. The van der Waals surface area contributed by atoms with Crippen LogP contribution < -0.4 is 5.32 Å². The largest absolute Gasteiger partial charge is 0.389 e. The van der Waals surface area contributed by atoms with E-state index in [4.69, 9.17) is 0 Å². The molecule has 1 aromatic heterocycles. The summed E-state index contributed by atoms with van der Waals surface area (Å²) in [7, 11) is 0. The monoisotopic (exact) mass is 252 g/mol. The minimum Gasteiger partial charge on any atom is -0.389 e. The van der Waals surface area contributed by atoms with Crippen LogP contribution in [0.3, 0.4) is 0 Å². The highest BCUT2D eigenvalue weighted by Crippen LogP contribution is 2.41. The first kappa shape index (κ1) is 11.6. The zero-order chi connectivity index (χ0) is 11.7. The van der Waals surface area contributed by atoms with Gasteiger partial charge in [-0.2, -0.15) is 0 Å². The Kier molecular flexibility index (Phi) is 3.19.